The summed E-state index contributed by atoms with van der Waals surface area (Å²) in [5.74, 6) is -0.290. The van der Waals surface area contributed by atoms with Crippen LogP contribution >= 0.6 is 22.9 Å². The van der Waals surface area contributed by atoms with E-state index < -0.39 is 10.8 Å². The predicted octanol–water partition coefficient (Wildman–Crippen LogP) is 5.40. The normalized spacial score (nSPS) is 10.9. The molecule has 2 N–H and O–H groups in total. The number of anilines is 1. The van der Waals surface area contributed by atoms with Crippen LogP contribution in [-0.2, 0) is 6.42 Å². The van der Waals surface area contributed by atoms with Crippen molar-refractivity contribution in [3.05, 3.63) is 120 Å². The Balaban J connectivity index is 1.54. The first-order chi connectivity index (χ1) is 18.3. The van der Waals surface area contributed by atoms with Crippen molar-refractivity contribution in [3.63, 3.8) is 0 Å². The average molecular weight is 547 g/mol. The van der Waals surface area contributed by atoms with Crippen LogP contribution in [0, 0.1) is 17.0 Å². The minimum absolute atomic E-state index is 0.0300. The van der Waals surface area contributed by atoms with Gasteiger partial charge in [-0.3, -0.25) is 24.7 Å². The van der Waals surface area contributed by atoms with Gasteiger partial charge in [0.05, 0.1) is 15.5 Å². The Kier molecular flexibility index (Phi) is 6.86. The van der Waals surface area contributed by atoms with Crippen molar-refractivity contribution in [2.45, 2.75) is 13.3 Å². The number of nitro benzene ring substituents is 1. The Labute approximate surface area is 224 Å². The number of nitro groups is 1. The van der Waals surface area contributed by atoms with Gasteiger partial charge >= 0.3 is 0 Å². The summed E-state index contributed by atoms with van der Waals surface area (Å²) in [5.41, 5.74) is 1.88. The first-order valence-electron chi connectivity index (χ1n) is 11.3. The lowest BCUT2D eigenvalue weighted by molar-refractivity contribution is -0.384. The number of benzene rings is 2. The highest BCUT2D eigenvalue weighted by molar-refractivity contribution is 7.13. The van der Waals surface area contributed by atoms with Gasteiger partial charge in [0.15, 0.2) is 0 Å². The number of hydrogen-bond donors (Lipinski definition) is 2. The van der Waals surface area contributed by atoms with Crippen LogP contribution in [-0.4, -0.2) is 30.6 Å². The zero-order chi connectivity index (χ0) is 26.8. The van der Waals surface area contributed by atoms with E-state index in [-0.39, 0.29) is 33.6 Å². The zero-order valence-corrected chi connectivity index (χ0v) is 21.4. The molecule has 10 nitrogen and oxygen atoms in total. The molecule has 0 fully saturated rings. The number of rotatable bonds is 7. The van der Waals surface area contributed by atoms with Gasteiger partial charge in [-0.15, -0.1) is 11.3 Å². The van der Waals surface area contributed by atoms with Crippen LogP contribution in [0.15, 0.2) is 76.9 Å². The van der Waals surface area contributed by atoms with Gasteiger partial charge in [-0.25, -0.2) is 4.98 Å². The highest BCUT2D eigenvalue weighted by Gasteiger charge is 2.21. The van der Waals surface area contributed by atoms with Crippen LogP contribution in [0.25, 0.3) is 16.5 Å². The van der Waals surface area contributed by atoms with Gasteiger partial charge in [-0.05, 0) is 36.1 Å². The SMILES string of the molecule is Cc1nc(-n2nc(-c3cccs3)cc2NC(=O)c2ccc(Cl)c([N+](=O)[O-])c2)[nH]c(=O)c1Cc1ccccc1. The molecule has 0 radical (unpaired) electrons. The van der Waals surface area contributed by atoms with E-state index in [4.69, 9.17) is 11.6 Å². The van der Waals surface area contributed by atoms with Gasteiger partial charge in [0.1, 0.15) is 16.5 Å². The minimum atomic E-state index is -0.660. The largest absolute Gasteiger partial charge is 0.306 e. The number of H-pyrrole nitrogens is 1. The summed E-state index contributed by atoms with van der Waals surface area (Å²) in [6.45, 7) is 1.74. The summed E-state index contributed by atoms with van der Waals surface area (Å²) >= 11 is 7.34. The number of nitrogens with zero attached hydrogens (tertiary/aromatic N) is 4. The number of halogens is 1. The molecule has 0 saturated heterocycles. The van der Waals surface area contributed by atoms with Crippen molar-refractivity contribution >= 4 is 40.4 Å². The maximum atomic E-state index is 13.1. The number of carbonyl (C=O) groups is 1. The Bertz CT molecular complexity index is 1710. The van der Waals surface area contributed by atoms with Gasteiger partial charge in [0.2, 0.25) is 5.95 Å². The van der Waals surface area contributed by atoms with E-state index in [0.29, 0.717) is 23.4 Å². The molecule has 0 aliphatic heterocycles. The molecular formula is C26H19ClN6O4S. The van der Waals surface area contributed by atoms with Gasteiger partial charge in [-0.2, -0.15) is 9.78 Å². The Morgan fingerprint density at radius 1 is 1.16 bits per heavy atom. The molecule has 0 unspecified atom stereocenters. The fourth-order valence-electron chi connectivity index (χ4n) is 3.86. The second-order valence-electron chi connectivity index (χ2n) is 8.30. The summed E-state index contributed by atoms with van der Waals surface area (Å²) in [6.07, 6.45) is 0.410. The molecule has 5 rings (SSSR count). The molecule has 0 aliphatic carbocycles. The van der Waals surface area contributed by atoms with Crippen LogP contribution in [0.2, 0.25) is 5.02 Å². The number of amides is 1. The molecule has 0 aliphatic rings. The van der Waals surface area contributed by atoms with E-state index in [0.717, 1.165) is 16.5 Å². The molecule has 0 saturated carbocycles. The summed E-state index contributed by atoms with van der Waals surface area (Å²) < 4.78 is 1.33. The second kappa shape index (κ2) is 10.4. The number of aromatic nitrogens is 4. The molecule has 5 aromatic rings. The number of carbonyl (C=O) groups excluding carboxylic acids is 1. The van der Waals surface area contributed by atoms with Crippen molar-refractivity contribution in [1.82, 2.24) is 19.7 Å². The van der Waals surface area contributed by atoms with E-state index in [1.54, 1.807) is 13.0 Å². The molecular weight excluding hydrogens is 528 g/mol. The summed E-state index contributed by atoms with van der Waals surface area (Å²) in [7, 11) is 0. The molecule has 1 amide bonds. The zero-order valence-electron chi connectivity index (χ0n) is 19.8. The van der Waals surface area contributed by atoms with Crippen molar-refractivity contribution in [2.24, 2.45) is 0 Å². The predicted molar refractivity (Wildman–Crippen MR) is 145 cm³/mol. The van der Waals surface area contributed by atoms with Crippen LogP contribution in [0.4, 0.5) is 11.5 Å². The molecule has 38 heavy (non-hydrogen) atoms. The van der Waals surface area contributed by atoms with Gasteiger partial charge in [0.25, 0.3) is 17.2 Å². The fraction of sp³-hybridized carbons (Fsp3) is 0.0769. The fourth-order valence-corrected chi connectivity index (χ4v) is 4.73. The van der Waals surface area contributed by atoms with Crippen molar-refractivity contribution < 1.29 is 9.72 Å². The van der Waals surface area contributed by atoms with E-state index in [2.05, 4.69) is 20.4 Å². The Morgan fingerprint density at radius 2 is 1.95 bits per heavy atom. The number of aryl methyl sites for hydroxylation is 1. The van der Waals surface area contributed by atoms with Crippen molar-refractivity contribution in [2.75, 3.05) is 5.32 Å². The van der Waals surface area contributed by atoms with Crippen LogP contribution in [0.5, 0.6) is 0 Å². The summed E-state index contributed by atoms with van der Waals surface area (Å²) in [5, 5.41) is 20.4. The van der Waals surface area contributed by atoms with E-state index >= 15 is 0 Å². The molecule has 0 spiro atoms. The number of thiophene rings is 1. The lowest BCUT2D eigenvalue weighted by Gasteiger charge is -2.11. The first-order valence-corrected chi connectivity index (χ1v) is 12.6. The van der Waals surface area contributed by atoms with Crippen LogP contribution < -0.4 is 10.9 Å². The van der Waals surface area contributed by atoms with Crippen molar-refractivity contribution in [1.29, 1.82) is 0 Å². The first kappa shape index (κ1) is 25.1. The van der Waals surface area contributed by atoms with Crippen molar-refractivity contribution in [3.8, 4) is 16.5 Å². The molecule has 0 atom stereocenters. The summed E-state index contributed by atoms with van der Waals surface area (Å²) in [4.78, 5) is 44.9. The van der Waals surface area contributed by atoms with Crippen LogP contribution in [0.3, 0.4) is 0 Å². The molecule has 3 aromatic heterocycles. The minimum Gasteiger partial charge on any atom is -0.306 e. The summed E-state index contributed by atoms with van der Waals surface area (Å²) in [6, 6.07) is 18.7. The smallest absolute Gasteiger partial charge is 0.288 e. The maximum absolute atomic E-state index is 13.1. The molecule has 190 valence electrons. The highest BCUT2D eigenvalue weighted by atomic mass is 35.5. The third-order valence-electron chi connectivity index (χ3n) is 5.76. The van der Waals surface area contributed by atoms with E-state index in [1.165, 1.54) is 28.2 Å². The third kappa shape index (κ3) is 5.10. The maximum Gasteiger partial charge on any atom is 0.288 e. The molecule has 12 heteroatoms. The number of aromatic amines is 1. The quantitative estimate of drug-likeness (QED) is 0.207. The topological polar surface area (TPSA) is 136 Å². The molecule has 3 heterocycles. The van der Waals surface area contributed by atoms with Crippen LogP contribution in [0.1, 0.15) is 27.2 Å². The van der Waals surface area contributed by atoms with Gasteiger partial charge < -0.3 is 5.32 Å². The van der Waals surface area contributed by atoms with Gasteiger partial charge in [0, 0.05) is 29.7 Å². The standard InChI is InChI=1S/C26H19ClN6O4S/c1-15-18(12-16-6-3-2-4-7-16)25(35)30-26(28-15)32-23(14-20(31-32)22-8-5-11-38-22)29-24(34)17-9-10-19(27)21(13-17)33(36)37/h2-11,13-14H,12H2,1H3,(H,29,34)(H,28,30,35). The lowest BCUT2D eigenvalue weighted by atomic mass is 10.1. The van der Waals surface area contributed by atoms with E-state index in [1.807, 2.05) is 47.8 Å². The second-order valence-corrected chi connectivity index (χ2v) is 9.65. The Morgan fingerprint density at radius 3 is 2.63 bits per heavy atom. The monoisotopic (exact) mass is 546 g/mol. The van der Waals surface area contributed by atoms with E-state index in [9.17, 15) is 19.7 Å². The number of hydrogen-bond acceptors (Lipinski definition) is 7. The lowest BCUT2D eigenvalue weighted by Crippen LogP contribution is -2.22. The third-order valence-corrected chi connectivity index (χ3v) is 6.98. The number of nitrogens with one attached hydrogen (secondary N) is 2. The molecule has 0 bridgehead atoms. The van der Waals surface area contributed by atoms with Gasteiger partial charge in [-0.1, -0.05) is 48.0 Å². The molecule has 2 aromatic carbocycles. The Hall–Kier alpha value is -4.61. The highest BCUT2D eigenvalue weighted by Crippen LogP contribution is 2.29. The average Bonchev–Trinajstić information content (AvgIpc) is 3.57.